The molecule has 0 atom stereocenters. The summed E-state index contributed by atoms with van der Waals surface area (Å²) in [7, 11) is 0. The van der Waals surface area contributed by atoms with Crippen LogP contribution in [0.4, 0.5) is 4.79 Å². The fraction of sp³-hybridized carbons (Fsp3) is 0.214. The van der Waals surface area contributed by atoms with Gasteiger partial charge in [0.15, 0.2) is 0 Å². The Morgan fingerprint density at radius 3 is 2.70 bits per heavy atom. The molecule has 5 nitrogen and oxygen atoms in total. The van der Waals surface area contributed by atoms with Crippen molar-refractivity contribution in [1.29, 1.82) is 5.26 Å². The zero-order valence-corrected chi connectivity index (χ0v) is 11.7. The number of carbonyl (C=O) groups excluding carboxylic acids is 1. The van der Waals surface area contributed by atoms with E-state index in [1.807, 2.05) is 25.1 Å². The zero-order chi connectivity index (χ0) is 14.5. The van der Waals surface area contributed by atoms with Gasteiger partial charge in [-0.25, -0.2) is 4.79 Å². The Morgan fingerprint density at radius 2 is 2.15 bits per heavy atom. The lowest BCUT2D eigenvalue weighted by Crippen LogP contribution is -2.34. The summed E-state index contributed by atoms with van der Waals surface area (Å²) in [6.45, 7) is 2.90. The quantitative estimate of drug-likeness (QED) is 0.872. The summed E-state index contributed by atoms with van der Waals surface area (Å²) in [6, 6.07) is 9.02. The number of nitrogens with zero attached hydrogens (tertiary/aromatic N) is 4. The molecule has 0 bridgehead atoms. The second-order valence-corrected chi connectivity index (χ2v) is 4.65. The monoisotopic (exact) mass is 288 g/mol. The normalized spacial score (nSPS) is 10.1. The summed E-state index contributed by atoms with van der Waals surface area (Å²) in [5.74, 6) is 0. The summed E-state index contributed by atoms with van der Waals surface area (Å²) in [4.78, 5) is 13.9. The Morgan fingerprint density at radius 1 is 1.45 bits per heavy atom. The van der Waals surface area contributed by atoms with E-state index in [1.54, 1.807) is 17.0 Å². The van der Waals surface area contributed by atoms with Crippen LogP contribution in [0.5, 0.6) is 0 Å². The third-order valence-electron chi connectivity index (χ3n) is 2.85. The zero-order valence-electron chi connectivity index (χ0n) is 11.0. The van der Waals surface area contributed by atoms with Crippen LogP contribution in [0.3, 0.4) is 0 Å². The van der Waals surface area contributed by atoms with E-state index < -0.39 is 0 Å². The standard InChI is InChI=1S/C14H13ClN4O/c1-2-18(9-11-3-5-13(15)6-4-11)14(20)19-10-12(7-16)8-17-19/h3-6,8,10H,2,9H2,1H3. The molecular formula is C14H13ClN4O. The second kappa shape index (κ2) is 6.22. The predicted octanol–water partition coefficient (Wildman–Crippen LogP) is 2.90. The molecule has 0 aliphatic heterocycles. The van der Waals surface area contributed by atoms with Gasteiger partial charge >= 0.3 is 6.03 Å². The van der Waals surface area contributed by atoms with E-state index in [9.17, 15) is 4.79 Å². The molecule has 1 aromatic carbocycles. The van der Waals surface area contributed by atoms with E-state index in [4.69, 9.17) is 16.9 Å². The van der Waals surface area contributed by atoms with Gasteiger partial charge in [-0.1, -0.05) is 23.7 Å². The summed E-state index contributed by atoms with van der Waals surface area (Å²) in [5.41, 5.74) is 1.35. The van der Waals surface area contributed by atoms with Gasteiger partial charge < -0.3 is 4.90 Å². The van der Waals surface area contributed by atoms with E-state index in [-0.39, 0.29) is 6.03 Å². The number of carbonyl (C=O) groups is 1. The van der Waals surface area contributed by atoms with Crippen molar-refractivity contribution in [3.05, 3.63) is 52.8 Å². The van der Waals surface area contributed by atoms with Crippen LogP contribution in [0.2, 0.25) is 5.02 Å². The average molecular weight is 289 g/mol. The van der Waals surface area contributed by atoms with Crippen molar-refractivity contribution >= 4 is 17.6 Å². The maximum Gasteiger partial charge on any atom is 0.344 e. The molecule has 0 spiro atoms. The molecule has 20 heavy (non-hydrogen) atoms. The highest BCUT2D eigenvalue weighted by atomic mass is 35.5. The molecule has 0 saturated heterocycles. The first-order valence-electron chi connectivity index (χ1n) is 6.12. The van der Waals surface area contributed by atoms with E-state index in [0.717, 1.165) is 5.56 Å². The highest BCUT2D eigenvalue weighted by Crippen LogP contribution is 2.12. The SMILES string of the molecule is CCN(Cc1ccc(Cl)cc1)C(=O)n1cc(C#N)cn1. The lowest BCUT2D eigenvalue weighted by molar-refractivity contribution is 0.196. The van der Waals surface area contributed by atoms with Crippen molar-refractivity contribution in [3.63, 3.8) is 0 Å². The number of aromatic nitrogens is 2. The number of nitriles is 1. The maximum absolute atomic E-state index is 12.3. The largest absolute Gasteiger partial charge is 0.344 e. The van der Waals surface area contributed by atoms with Crippen molar-refractivity contribution < 1.29 is 4.79 Å². The smallest absolute Gasteiger partial charge is 0.319 e. The highest BCUT2D eigenvalue weighted by molar-refractivity contribution is 6.30. The third-order valence-corrected chi connectivity index (χ3v) is 3.10. The number of hydrogen-bond donors (Lipinski definition) is 0. The van der Waals surface area contributed by atoms with Gasteiger partial charge in [-0.15, -0.1) is 0 Å². The van der Waals surface area contributed by atoms with Crippen molar-refractivity contribution in [2.45, 2.75) is 13.5 Å². The predicted molar refractivity (Wildman–Crippen MR) is 75.3 cm³/mol. The van der Waals surface area contributed by atoms with Gasteiger partial charge in [0.2, 0.25) is 0 Å². The van der Waals surface area contributed by atoms with Gasteiger partial charge in [-0.05, 0) is 24.6 Å². The van der Waals surface area contributed by atoms with Crippen molar-refractivity contribution in [3.8, 4) is 6.07 Å². The molecular weight excluding hydrogens is 276 g/mol. The number of rotatable bonds is 3. The molecule has 0 saturated carbocycles. The minimum atomic E-state index is -0.260. The second-order valence-electron chi connectivity index (χ2n) is 4.21. The van der Waals surface area contributed by atoms with Crippen LogP contribution < -0.4 is 0 Å². The highest BCUT2D eigenvalue weighted by Gasteiger charge is 2.15. The van der Waals surface area contributed by atoms with Crippen molar-refractivity contribution in [2.75, 3.05) is 6.54 Å². The van der Waals surface area contributed by atoms with Crippen molar-refractivity contribution in [2.24, 2.45) is 0 Å². The summed E-state index contributed by atoms with van der Waals surface area (Å²) >= 11 is 5.83. The fourth-order valence-electron chi connectivity index (χ4n) is 1.75. The number of hydrogen-bond acceptors (Lipinski definition) is 3. The average Bonchev–Trinajstić information content (AvgIpc) is 2.95. The molecule has 1 aromatic heterocycles. The Kier molecular flexibility index (Phi) is 4.38. The molecule has 2 aromatic rings. The molecule has 0 aliphatic carbocycles. The van der Waals surface area contributed by atoms with Gasteiger partial charge in [-0.2, -0.15) is 15.0 Å². The molecule has 102 valence electrons. The van der Waals surface area contributed by atoms with Gasteiger partial charge in [0.25, 0.3) is 0 Å². The van der Waals surface area contributed by atoms with E-state index in [1.165, 1.54) is 17.1 Å². The van der Waals surface area contributed by atoms with E-state index in [0.29, 0.717) is 23.7 Å². The first-order chi connectivity index (χ1) is 9.63. The van der Waals surface area contributed by atoms with Gasteiger partial charge in [0.1, 0.15) is 6.07 Å². The van der Waals surface area contributed by atoms with Gasteiger partial charge in [-0.3, -0.25) is 0 Å². The number of amides is 1. The molecule has 0 fully saturated rings. The molecule has 0 N–H and O–H groups in total. The van der Waals surface area contributed by atoms with Crippen molar-refractivity contribution in [1.82, 2.24) is 14.7 Å². The van der Waals surface area contributed by atoms with Crippen LogP contribution in [0, 0.1) is 11.3 Å². The molecule has 1 heterocycles. The fourth-order valence-corrected chi connectivity index (χ4v) is 1.88. The molecule has 1 amide bonds. The van der Waals surface area contributed by atoms with Crippen LogP contribution in [-0.4, -0.2) is 27.3 Å². The lowest BCUT2D eigenvalue weighted by Gasteiger charge is -2.20. The first-order valence-corrected chi connectivity index (χ1v) is 6.50. The Balaban J connectivity index is 2.13. The Bertz CT molecular complexity index is 642. The Labute approximate surface area is 122 Å². The first kappa shape index (κ1) is 14.1. The molecule has 6 heteroatoms. The topological polar surface area (TPSA) is 61.9 Å². The number of halogens is 1. The summed E-state index contributed by atoms with van der Waals surface area (Å²) in [5, 5.41) is 13.3. The van der Waals surface area contributed by atoms with E-state index in [2.05, 4.69) is 5.10 Å². The van der Waals surface area contributed by atoms with Crippen LogP contribution >= 0.6 is 11.6 Å². The number of benzene rings is 1. The minimum absolute atomic E-state index is 0.260. The summed E-state index contributed by atoms with van der Waals surface area (Å²) in [6.07, 6.45) is 2.79. The van der Waals surface area contributed by atoms with Crippen LogP contribution in [0.15, 0.2) is 36.7 Å². The van der Waals surface area contributed by atoms with E-state index >= 15 is 0 Å². The Hall–Kier alpha value is -2.32. The third kappa shape index (κ3) is 3.16. The van der Waals surface area contributed by atoms with Crippen LogP contribution in [0.1, 0.15) is 18.1 Å². The van der Waals surface area contributed by atoms with Gasteiger partial charge in [0, 0.05) is 18.1 Å². The molecule has 2 rings (SSSR count). The van der Waals surface area contributed by atoms with Gasteiger partial charge in [0.05, 0.1) is 18.0 Å². The lowest BCUT2D eigenvalue weighted by atomic mass is 10.2. The maximum atomic E-state index is 12.3. The molecule has 0 aliphatic rings. The molecule has 0 unspecified atom stereocenters. The summed E-state index contributed by atoms with van der Waals surface area (Å²) < 4.78 is 1.18. The minimum Gasteiger partial charge on any atom is -0.319 e. The van der Waals surface area contributed by atoms with Crippen LogP contribution in [-0.2, 0) is 6.54 Å². The van der Waals surface area contributed by atoms with Crippen LogP contribution in [0.25, 0.3) is 0 Å². The molecule has 0 radical (unpaired) electrons.